The summed E-state index contributed by atoms with van der Waals surface area (Å²) in [6.45, 7) is 8.59. The standard InChI is InChI=1S/C11H16N/c1-4-12(5-2)11-9-7-6-8-10(11)3/h6-7,9H,4-5H2,1-3H3. The summed E-state index contributed by atoms with van der Waals surface area (Å²) in [5.41, 5.74) is 2.55. The zero-order chi connectivity index (χ0) is 8.97. The van der Waals surface area contributed by atoms with Crippen LogP contribution in [0.3, 0.4) is 0 Å². The van der Waals surface area contributed by atoms with Crippen molar-refractivity contribution in [3.05, 3.63) is 29.8 Å². The molecule has 0 unspecified atom stereocenters. The van der Waals surface area contributed by atoms with Gasteiger partial charge in [-0.2, -0.15) is 0 Å². The Balaban J connectivity index is 2.92. The van der Waals surface area contributed by atoms with Crippen LogP contribution in [-0.2, 0) is 0 Å². The highest BCUT2D eigenvalue weighted by Gasteiger charge is 2.02. The molecule has 0 aliphatic rings. The van der Waals surface area contributed by atoms with Crippen molar-refractivity contribution in [1.29, 1.82) is 0 Å². The van der Waals surface area contributed by atoms with Crippen molar-refractivity contribution >= 4 is 5.69 Å². The van der Waals surface area contributed by atoms with Crippen LogP contribution in [0.15, 0.2) is 18.2 Å². The molecule has 0 aliphatic carbocycles. The zero-order valence-corrected chi connectivity index (χ0v) is 8.09. The lowest BCUT2D eigenvalue weighted by atomic mass is 10.2. The Bertz CT molecular complexity index is 239. The molecular weight excluding hydrogens is 146 g/mol. The predicted octanol–water partition coefficient (Wildman–Crippen LogP) is 2.64. The number of benzene rings is 1. The topological polar surface area (TPSA) is 3.24 Å². The minimum atomic E-state index is 1.06. The smallest absolute Gasteiger partial charge is 0.0401 e. The first kappa shape index (κ1) is 9.11. The van der Waals surface area contributed by atoms with Crippen LogP contribution in [-0.4, -0.2) is 13.1 Å². The predicted molar refractivity (Wildman–Crippen MR) is 53.6 cm³/mol. The molecule has 0 amide bonds. The van der Waals surface area contributed by atoms with Gasteiger partial charge in [0.25, 0.3) is 0 Å². The number of anilines is 1. The molecule has 1 nitrogen and oxygen atoms in total. The molecule has 1 aromatic carbocycles. The van der Waals surface area contributed by atoms with Crippen LogP contribution in [0.2, 0.25) is 0 Å². The second-order valence-corrected chi connectivity index (χ2v) is 2.85. The van der Waals surface area contributed by atoms with Crippen LogP contribution in [0.4, 0.5) is 5.69 Å². The Morgan fingerprint density at radius 1 is 1.33 bits per heavy atom. The quantitative estimate of drug-likeness (QED) is 0.660. The molecule has 1 heteroatoms. The van der Waals surface area contributed by atoms with Crippen molar-refractivity contribution < 1.29 is 0 Å². The second-order valence-electron chi connectivity index (χ2n) is 2.85. The van der Waals surface area contributed by atoms with Crippen LogP contribution in [0.5, 0.6) is 0 Å². The van der Waals surface area contributed by atoms with Gasteiger partial charge in [-0.15, -0.1) is 0 Å². The number of aryl methyl sites for hydroxylation is 1. The molecule has 0 fully saturated rings. The normalized spacial score (nSPS) is 9.92. The molecule has 65 valence electrons. The molecule has 0 aliphatic heterocycles. The van der Waals surface area contributed by atoms with E-state index in [2.05, 4.69) is 37.8 Å². The SMILES string of the molecule is CCN(CC)c1ccc[c]c1C. The Labute approximate surface area is 75.0 Å². The van der Waals surface area contributed by atoms with E-state index in [0.717, 1.165) is 13.1 Å². The number of rotatable bonds is 3. The monoisotopic (exact) mass is 162 g/mol. The summed E-state index contributed by atoms with van der Waals surface area (Å²) in [7, 11) is 0. The minimum absolute atomic E-state index is 1.06. The molecule has 0 aromatic heterocycles. The summed E-state index contributed by atoms with van der Waals surface area (Å²) in [5.74, 6) is 0. The van der Waals surface area contributed by atoms with E-state index in [9.17, 15) is 0 Å². The van der Waals surface area contributed by atoms with E-state index in [0.29, 0.717) is 0 Å². The highest BCUT2D eigenvalue weighted by atomic mass is 15.1. The van der Waals surface area contributed by atoms with Gasteiger partial charge in [-0.1, -0.05) is 12.1 Å². The molecule has 0 heterocycles. The molecule has 12 heavy (non-hydrogen) atoms. The van der Waals surface area contributed by atoms with E-state index < -0.39 is 0 Å². The average Bonchev–Trinajstić information content (AvgIpc) is 2.10. The lowest BCUT2D eigenvalue weighted by Crippen LogP contribution is -2.22. The maximum absolute atomic E-state index is 3.21. The molecule has 0 bridgehead atoms. The molecule has 1 radical (unpaired) electrons. The first-order valence-corrected chi connectivity index (χ1v) is 4.51. The highest BCUT2D eigenvalue weighted by Crippen LogP contribution is 2.17. The van der Waals surface area contributed by atoms with E-state index in [4.69, 9.17) is 0 Å². The third kappa shape index (κ3) is 1.79. The van der Waals surface area contributed by atoms with E-state index >= 15 is 0 Å². The molecule has 0 N–H and O–H groups in total. The van der Waals surface area contributed by atoms with Crippen molar-refractivity contribution in [2.75, 3.05) is 18.0 Å². The van der Waals surface area contributed by atoms with Crippen molar-refractivity contribution in [3.63, 3.8) is 0 Å². The molecule has 0 saturated heterocycles. The van der Waals surface area contributed by atoms with Gasteiger partial charge < -0.3 is 4.90 Å². The first-order valence-electron chi connectivity index (χ1n) is 4.51. The molecular formula is C11H16N. The Hall–Kier alpha value is -0.980. The van der Waals surface area contributed by atoms with Gasteiger partial charge >= 0.3 is 0 Å². The fourth-order valence-electron chi connectivity index (χ4n) is 1.42. The van der Waals surface area contributed by atoms with Crippen LogP contribution in [0.1, 0.15) is 19.4 Å². The summed E-state index contributed by atoms with van der Waals surface area (Å²) < 4.78 is 0. The van der Waals surface area contributed by atoms with Crippen LogP contribution in [0.25, 0.3) is 0 Å². The average molecular weight is 162 g/mol. The van der Waals surface area contributed by atoms with Crippen LogP contribution in [0, 0.1) is 13.0 Å². The Kier molecular flexibility index (Phi) is 3.15. The second kappa shape index (κ2) is 4.15. The van der Waals surface area contributed by atoms with E-state index in [1.54, 1.807) is 0 Å². The maximum atomic E-state index is 3.21. The summed E-state index contributed by atoms with van der Waals surface area (Å²) in [4.78, 5) is 2.34. The third-order valence-corrected chi connectivity index (χ3v) is 2.14. The van der Waals surface area contributed by atoms with Gasteiger partial charge in [0, 0.05) is 18.8 Å². The van der Waals surface area contributed by atoms with Crippen LogP contribution < -0.4 is 4.90 Å². The van der Waals surface area contributed by atoms with Gasteiger partial charge in [0.2, 0.25) is 0 Å². The van der Waals surface area contributed by atoms with Crippen LogP contribution >= 0.6 is 0 Å². The van der Waals surface area contributed by atoms with E-state index in [-0.39, 0.29) is 0 Å². The molecule has 1 rings (SSSR count). The number of hydrogen-bond donors (Lipinski definition) is 0. The largest absolute Gasteiger partial charge is 0.372 e. The number of hydrogen-bond acceptors (Lipinski definition) is 1. The van der Waals surface area contributed by atoms with Gasteiger partial charge in [-0.25, -0.2) is 0 Å². The zero-order valence-electron chi connectivity index (χ0n) is 8.09. The van der Waals surface area contributed by atoms with Crippen molar-refractivity contribution in [3.8, 4) is 0 Å². The highest BCUT2D eigenvalue weighted by molar-refractivity contribution is 5.52. The molecule has 0 atom stereocenters. The maximum Gasteiger partial charge on any atom is 0.0401 e. The van der Waals surface area contributed by atoms with Gasteiger partial charge in [0.1, 0.15) is 0 Å². The summed E-state index contributed by atoms with van der Waals surface area (Å²) >= 11 is 0. The first-order chi connectivity index (χ1) is 5.79. The molecule has 1 aromatic rings. The fraction of sp³-hybridized carbons (Fsp3) is 0.455. The minimum Gasteiger partial charge on any atom is -0.372 e. The lowest BCUT2D eigenvalue weighted by molar-refractivity contribution is 0.861. The van der Waals surface area contributed by atoms with Gasteiger partial charge in [-0.3, -0.25) is 0 Å². The van der Waals surface area contributed by atoms with Gasteiger partial charge in [0.15, 0.2) is 0 Å². The van der Waals surface area contributed by atoms with Crippen molar-refractivity contribution in [2.24, 2.45) is 0 Å². The van der Waals surface area contributed by atoms with Gasteiger partial charge in [-0.05, 0) is 38.5 Å². The molecule has 0 saturated carbocycles. The number of nitrogens with zero attached hydrogens (tertiary/aromatic N) is 1. The Morgan fingerprint density at radius 2 is 2.00 bits per heavy atom. The summed E-state index contributed by atoms with van der Waals surface area (Å²) in [6.07, 6.45) is 0. The van der Waals surface area contributed by atoms with Gasteiger partial charge in [0.05, 0.1) is 0 Å². The molecule has 0 spiro atoms. The van der Waals surface area contributed by atoms with Crippen molar-refractivity contribution in [2.45, 2.75) is 20.8 Å². The summed E-state index contributed by atoms with van der Waals surface area (Å²) in [5, 5.41) is 0. The third-order valence-electron chi connectivity index (χ3n) is 2.14. The van der Waals surface area contributed by atoms with E-state index in [1.165, 1.54) is 11.3 Å². The summed E-state index contributed by atoms with van der Waals surface area (Å²) in [6, 6.07) is 9.36. The van der Waals surface area contributed by atoms with Crippen molar-refractivity contribution in [1.82, 2.24) is 0 Å². The Morgan fingerprint density at radius 3 is 2.50 bits per heavy atom. The fourth-order valence-corrected chi connectivity index (χ4v) is 1.42. The lowest BCUT2D eigenvalue weighted by Gasteiger charge is -2.22. The van der Waals surface area contributed by atoms with E-state index in [1.807, 2.05) is 12.1 Å².